The Labute approximate surface area is 103 Å². The summed E-state index contributed by atoms with van der Waals surface area (Å²) >= 11 is 1.38. The van der Waals surface area contributed by atoms with E-state index in [9.17, 15) is 9.59 Å². The molecule has 0 saturated heterocycles. The third kappa shape index (κ3) is 2.42. The normalized spacial score (nSPS) is 9.94. The first-order valence-electron chi connectivity index (χ1n) is 4.97. The molecule has 0 aliphatic rings. The minimum atomic E-state index is -0.363. The number of rotatable bonds is 3. The number of hydrogen-bond acceptors (Lipinski definition) is 4. The summed E-state index contributed by atoms with van der Waals surface area (Å²) in [5, 5.41) is 1.89. The number of aldehydes is 1. The van der Waals surface area contributed by atoms with Crippen molar-refractivity contribution in [3.05, 3.63) is 46.2 Å². The van der Waals surface area contributed by atoms with Crippen LogP contribution in [0, 0.1) is 0 Å². The maximum absolute atomic E-state index is 11.4. The van der Waals surface area contributed by atoms with Crippen molar-refractivity contribution in [1.82, 2.24) is 0 Å². The summed E-state index contributed by atoms with van der Waals surface area (Å²) in [4.78, 5) is 22.7. The molecule has 0 amide bonds. The summed E-state index contributed by atoms with van der Waals surface area (Å²) in [6.45, 7) is 0. The summed E-state index contributed by atoms with van der Waals surface area (Å²) in [6, 6.07) is 8.93. The third-order valence-electron chi connectivity index (χ3n) is 2.35. The SMILES string of the molecule is COC(=O)c1cccc(-c2csc(C=O)c2)c1. The van der Waals surface area contributed by atoms with Crippen molar-refractivity contribution in [2.24, 2.45) is 0 Å². The fraction of sp³-hybridized carbons (Fsp3) is 0.0769. The molecule has 0 aliphatic heterocycles. The average molecular weight is 246 g/mol. The van der Waals surface area contributed by atoms with Gasteiger partial charge in [-0.3, -0.25) is 4.79 Å². The lowest BCUT2D eigenvalue weighted by Crippen LogP contribution is -2.00. The van der Waals surface area contributed by atoms with E-state index in [2.05, 4.69) is 4.74 Å². The Bertz CT molecular complexity index is 557. The van der Waals surface area contributed by atoms with Gasteiger partial charge in [-0.1, -0.05) is 12.1 Å². The van der Waals surface area contributed by atoms with Gasteiger partial charge in [-0.15, -0.1) is 11.3 Å². The first-order chi connectivity index (χ1) is 8.24. The third-order valence-corrected chi connectivity index (χ3v) is 3.21. The molecule has 4 heteroatoms. The number of ether oxygens (including phenoxy) is 1. The van der Waals surface area contributed by atoms with Crippen LogP contribution in [0.1, 0.15) is 20.0 Å². The number of hydrogen-bond donors (Lipinski definition) is 0. The number of carbonyl (C=O) groups excluding carboxylic acids is 2. The number of carbonyl (C=O) groups is 2. The zero-order valence-corrected chi connectivity index (χ0v) is 9.99. The zero-order chi connectivity index (χ0) is 12.3. The molecule has 86 valence electrons. The van der Waals surface area contributed by atoms with E-state index in [0.717, 1.165) is 17.4 Å². The van der Waals surface area contributed by atoms with Gasteiger partial charge >= 0.3 is 5.97 Å². The van der Waals surface area contributed by atoms with Gasteiger partial charge in [-0.25, -0.2) is 4.79 Å². The number of benzene rings is 1. The molecular formula is C13H10O3S. The molecule has 3 nitrogen and oxygen atoms in total. The molecule has 2 rings (SSSR count). The summed E-state index contributed by atoms with van der Waals surface area (Å²) in [5.41, 5.74) is 2.34. The van der Waals surface area contributed by atoms with Crippen molar-refractivity contribution < 1.29 is 14.3 Å². The predicted octanol–water partition coefficient (Wildman–Crippen LogP) is 3.01. The van der Waals surface area contributed by atoms with Crippen LogP contribution in [0.4, 0.5) is 0 Å². The van der Waals surface area contributed by atoms with Gasteiger partial charge < -0.3 is 4.74 Å². The fourth-order valence-electron chi connectivity index (χ4n) is 1.51. The molecule has 0 unspecified atom stereocenters. The van der Waals surface area contributed by atoms with Crippen LogP contribution in [0.5, 0.6) is 0 Å². The van der Waals surface area contributed by atoms with Gasteiger partial charge in [0.2, 0.25) is 0 Å². The molecule has 0 spiro atoms. The highest BCUT2D eigenvalue weighted by Crippen LogP contribution is 2.25. The van der Waals surface area contributed by atoms with E-state index in [0.29, 0.717) is 10.4 Å². The molecule has 0 aliphatic carbocycles. The lowest BCUT2D eigenvalue weighted by atomic mass is 10.1. The van der Waals surface area contributed by atoms with Crippen molar-refractivity contribution in [1.29, 1.82) is 0 Å². The molecule has 1 aromatic carbocycles. The van der Waals surface area contributed by atoms with Crippen molar-refractivity contribution in [2.75, 3.05) is 7.11 Å². The van der Waals surface area contributed by atoms with Gasteiger partial charge in [0.05, 0.1) is 17.6 Å². The van der Waals surface area contributed by atoms with Crippen LogP contribution < -0.4 is 0 Å². The molecular weight excluding hydrogens is 236 g/mol. The largest absolute Gasteiger partial charge is 0.465 e. The molecule has 0 radical (unpaired) electrons. The first kappa shape index (κ1) is 11.5. The molecule has 2 aromatic rings. The summed E-state index contributed by atoms with van der Waals surface area (Å²) in [7, 11) is 1.35. The van der Waals surface area contributed by atoms with Crippen LogP contribution in [0.2, 0.25) is 0 Å². The van der Waals surface area contributed by atoms with Crippen molar-refractivity contribution in [3.63, 3.8) is 0 Å². The van der Waals surface area contributed by atoms with Crippen molar-refractivity contribution in [2.45, 2.75) is 0 Å². The van der Waals surface area contributed by atoms with Gasteiger partial charge in [-0.2, -0.15) is 0 Å². The quantitative estimate of drug-likeness (QED) is 0.617. The highest BCUT2D eigenvalue weighted by atomic mass is 32.1. The lowest BCUT2D eigenvalue weighted by Gasteiger charge is -2.01. The van der Waals surface area contributed by atoms with Crippen molar-refractivity contribution >= 4 is 23.6 Å². The molecule has 1 heterocycles. The molecule has 0 saturated carbocycles. The van der Waals surface area contributed by atoms with E-state index in [4.69, 9.17) is 0 Å². The second kappa shape index (κ2) is 4.93. The average Bonchev–Trinajstić information content (AvgIpc) is 2.86. The second-order valence-electron chi connectivity index (χ2n) is 3.43. The number of thiophene rings is 1. The molecule has 0 fully saturated rings. The highest BCUT2D eigenvalue weighted by molar-refractivity contribution is 7.12. The van der Waals surface area contributed by atoms with Gasteiger partial charge in [0.1, 0.15) is 0 Å². The second-order valence-corrected chi connectivity index (χ2v) is 4.37. The molecule has 0 N–H and O–H groups in total. The summed E-state index contributed by atoms with van der Waals surface area (Å²) in [5.74, 6) is -0.363. The zero-order valence-electron chi connectivity index (χ0n) is 9.17. The maximum Gasteiger partial charge on any atom is 0.337 e. The van der Waals surface area contributed by atoms with E-state index in [1.54, 1.807) is 24.3 Å². The monoisotopic (exact) mass is 246 g/mol. The van der Waals surface area contributed by atoms with Gasteiger partial charge in [0, 0.05) is 0 Å². The Morgan fingerprint density at radius 1 is 1.29 bits per heavy atom. The Balaban J connectivity index is 2.39. The maximum atomic E-state index is 11.4. The van der Waals surface area contributed by atoms with E-state index in [-0.39, 0.29) is 5.97 Å². The molecule has 0 atom stereocenters. The lowest BCUT2D eigenvalue weighted by molar-refractivity contribution is 0.0600. The fourth-order valence-corrected chi connectivity index (χ4v) is 2.23. The van der Waals surface area contributed by atoms with E-state index < -0.39 is 0 Å². The van der Waals surface area contributed by atoms with E-state index in [1.165, 1.54) is 18.4 Å². The Hall–Kier alpha value is -1.94. The van der Waals surface area contributed by atoms with E-state index >= 15 is 0 Å². The minimum absolute atomic E-state index is 0.363. The Morgan fingerprint density at radius 2 is 2.12 bits per heavy atom. The molecule has 1 aromatic heterocycles. The van der Waals surface area contributed by atoms with Gasteiger partial charge in [-0.05, 0) is 34.7 Å². The van der Waals surface area contributed by atoms with Gasteiger partial charge in [0.25, 0.3) is 0 Å². The Kier molecular flexibility index (Phi) is 3.35. The standard InChI is InChI=1S/C13H10O3S/c1-16-13(15)10-4-2-3-9(5-10)11-6-12(7-14)17-8-11/h2-8H,1H3. The first-order valence-corrected chi connectivity index (χ1v) is 5.85. The molecule has 0 bridgehead atoms. The predicted molar refractivity (Wildman–Crippen MR) is 66.5 cm³/mol. The van der Waals surface area contributed by atoms with Crippen molar-refractivity contribution in [3.8, 4) is 11.1 Å². The van der Waals surface area contributed by atoms with Gasteiger partial charge in [0.15, 0.2) is 6.29 Å². The van der Waals surface area contributed by atoms with Crippen LogP contribution in [0.3, 0.4) is 0 Å². The van der Waals surface area contributed by atoms with Crippen LogP contribution in [-0.4, -0.2) is 19.4 Å². The number of esters is 1. The summed E-state index contributed by atoms with van der Waals surface area (Å²) in [6.07, 6.45) is 0.818. The van der Waals surface area contributed by atoms with E-state index in [1.807, 2.05) is 11.4 Å². The summed E-state index contributed by atoms with van der Waals surface area (Å²) < 4.78 is 4.66. The van der Waals surface area contributed by atoms with Crippen LogP contribution >= 0.6 is 11.3 Å². The number of methoxy groups -OCH3 is 1. The molecule has 17 heavy (non-hydrogen) atoms. The minimum Gasteiger partial charge on any atom is -0.465 e. The topological polar surface area (TPSA) is 43.4 Å². The Morgan fingerprint density at radius 3 is 2.76 bits per heavy atom. The smallest absolute Gasteiger partial charge is 0.337 e. The highest BCUT2D eigenvalue weighted by Gasteiger charge is 2.07. The van der Waals surface area contributed by atoms with Crippen LogP contribution in [-0.2, 0) is 4.74 Å². The van der Waals surface area contributed by atoms with Crippen LogP contribution in [0.15, 0.2) is 35.7 Å². The van der Waals surface area contributed by atoms with Crippen LogP contribution in [0.25, 0.3) is 11.1 Å².